The van der Waals surface area contributed by atoms with Crippen LogP contribution < -0.4 is 5.32 Å². The molecule has 92 valence electrons. The van der Waals surface area contributed by atoms with E-state index in [1.807, 2.05) is 6.92 Å². The molecule has 5 heteroatoms. The first-order chi connectivity index (χ1) is 7.54. The van der Waals surface area contributed by atoms with Gasteiger partial charge in [-0.05, 0) is 25.5 Å². The van der Waals surface area contributed by atoms with Crippen LogP contribution in [0.5, 0.6) is 0 Å². The quantitative estimate of drug-likeness (QED) is 0.762. The molecule has 0 aromatic carbocycles. The molecule has 2 fully saturated rings. The van der Waals surface area contributed by atoms with Crippen molar-refractivity contribution in [2.24, 2.45) is 0 Å². The maximum Gasteiger partial charge on any atom is 0.236 e. The highest BCUT2D eigenvalue weighted by atomic mass is 32.2. The van der Waals surface area contributed by atoms with Crippen molar-refractivity contribution in [3.63, 3.8) is 0 Å². The highest BCUT2D eigenvalue weighted by Crippen LogP contribution is 2.37. The van der Waals surface area contributed by atoms with Gasteiger partial charge in [0.25, 0.3) is 0 Å². The van der Waals surface area contributed by atoms with Crippen LogP contribution >= 0.6 is 11.8 Å². The molecule has 0 saturated carbocycles. The third kappa shape index (κ3) is 2.52. The second kappa shape index (κ2) is 4.55. The van der Waals surface area contributed by atoms with Gasteiger partial charge >= 0.3 is 0 Å². The summed E-state index contributed by atoms with van der Waals surface area (Å²) in [6.07, 6.45) is 2.64. The molecule has 2 heterocycles. The molecule has 0 aliphatic carbocycles. The normalized spacial score (nSPS) is 38.9. The number of rotatable bonds is 3. The fraction of sp³-hybridized carbons (Fsp3) is 0.909. The van der Waals surface area contributed by atoms with Crippen LogP contribution in [0, 0.1) is 0 Å². The molecule has 2 aliphatic heterocycles. The molecule has 0 aromatic rings. The predicted molar refractivity (Wildman–Crippen MR) is 63.5 cm³/mol. The molecule has 4 nitrogen and oxygen atoms in total. The Kier molecular flexibility index (Phi) is 3.47. The van der Waals surface area contributed by atoms with Gasteiger partial charge in [-0.3, -0.25) is 4.79 Å². The van der Waals surface area contributed by atoms with Crippen LogP contribution in [0.15, 0.2) is 0 Å². The minimum absolute atomic E-state index is 0.0512. The van der Waals surface area contributed by atoms with Crippen molar-refractivity contribution in [2.45, 2.75) is 36.5 Å². The summed E-state index contributed by atoms with van der Waals surface area (Å²) < 4.78 is 4.84. The third-order valence-corrected chi connectivity index (χ3v) is 4.88. The van der Waals surface area contributed by atoms with Gasteiger partial charge in [0.2, 0.25) is 5.91 Å². The number of amides is 1. The minimum Gasteiger partial charge on any atom is -0.386 e. The molecule has 2 atom stereocenters. The van der Waals surface area contributed by atoms with Crippen molar-refractivity contribution >= 4 is 17.7 Å². The molecule has 2 saturated heterocycles. The molecule has 0 aromatic heterocycles. The van der Waals surface area contributed by atoms with E-state index in [-0.39, 0.29) is 10.7 Å². The largest absolute Gasteiger partial charge is 0.386 e. The van der Waals surface area contributed by atoms with E-state index in [9.17, 15) is 9.90 Å². The van der Waals surface area contributed by atoms with Crippen LogP contribution in [0.25, 0.3) is 0 Å². The first kappa shape index (κ1) is 12.2. The van der Waals surface area contributed by atoms with Gasteiger partial charge in [0.05, 0.1) is 11.4 Å². The van der Waals surface area contributed by atoms with E-state index in [1.165, 1.54) is 0 Å². The number of carbonyl (C=O) groups excluding carboxylic acids is 1. The summed E-state index contributed by atoms with van der Waals surface area (Å²) in [7, 11) is 0. The summed E-state index contributed by atoms with van der Waals surface area (Å²) in [5, 5.41) is 12.9. The maximum absolute atomic E-state index is 12.0. The van der Waals surface area contributed by atoms with Gasteiger partial charge in [0.1, 0.15) is 5.60 Å². The Morgan fingerprint density at radius 3 is 2.94 bits per heavy atom. The van der Waals surface area contributed by atoms with E-state index in [0.29, 0.717) is 26.2 Å². The Bertz CT molecular complexity index is 270. The Hall–Kier alpha value is -0.260. The first-order valence-electron chi connectivity index (χ1n) is 5.77. The smallest absolute Gasteiger partial charge is 0.236 e. The average Bonchev–Trinajstić information content (AvgIpc) is 2.86. The predicted octanol–water partition coefficient (Wildman–Crippen LogP) is 0.540. The van der Waals surface area contributed by atoms with Gasteiger partial charge in [0.15, 0.2) is 0 Å². The number of hydrogen-bond donors (Lipinski definition) is 2. The van der Waals surface area contributed by atoms with Gasteiger partial charge < -0.3 is 15.2 Å². The molecule has 0 spiro atoms. The Morgan fingerprint density at radius 2 is 2.38 bits per heavy atom. The summed E-state index contributed by atoms with van der Waals surface area (Å²) >= 11 is 1.71. The van der Waals surface area contributed by atoms with Crippen LogP contribution in [-0.4, -0.2) is 46.9 Å². The highest BCUT2D eigenvalue weighted by molar-refractivity contribution is 8.01. The van der Waals surface area contributed by atoms with Gasteiger partial charge in [0, 0.05) is 19.6 Å². The summed E-state index contributed by atoms with van der Waals surface area (Å²) in [4.78, 5) is 12.0. The molecule has 1 amide bonds. The highest BCUT2D eigenvalue weighted by Gasteiger charge is 2.39. The molecule has 2 N–H and O–H groups in total. The van der Waals surface area contributed by atoms with Crippen molar-refractivity contribution in [3.8, 4) is 0 Å². The molecule has 0 radical (unpaired) electrons. The zero-order valence-electron chi connectivity index (χ0n) is 9.62. The van der Waals surface area contributed by atoms with Crippen molar-refractivity contribution in [3.05, 3.63) is 0 Å². The average molecular weight is 245 g/mol. The van der Waals surface area contributed by atoms with E-state index in [0.717, 1.165) is 18.6 Å². The standard InChI is InChI=1S/C11H19NO3S/c1-10(3-2-6-16-10)9(13)12-7-11(14)4-5-15-8-11/h14H,2-8H2,1H3,(H,12,13). The lowest BCUT2D eigenvalue weighted by Crippen LogP contribution is -2.48. The van der Waals surface area contributed by atoms with E-state index >= 15 is 0 Å². The van der Waals surface area contributed by atoms with Crippen molar-refractivity contribution < 1.29 is 14.6 Å². The molecule has 2 unspecified atom stereocenters. The molecule has 16 heavy (non-hydrogen) atoms. The fourth-order valence-electron chi connectivity index (χ4n) is 2.13. The summed E-state index contributed by atoms with van der Waals surface area (Å²) in [6, 6.07) is 0. The van der Waals surface area contributed by atoms with Crippen LogP contribution in [0.4, 0.5) is 0 Å². The topological polar surface area (TPSA) is 58.6 Å². The maximum atomic E-state index is 12.0. The zero-order chi connectivity index (χ0) is 11.6. The molecular formula is C11H19NO3S. The van der Waals surface area contributed by atoms with Gasteiger partial charge in [-0.1, -0.05) is 0 Å². The number of nitrogens with one attached hydrogen (secondary N) is 1. The fourth-order valence-corrected chi connectivity index (χ4v) is 3.36. The number of thioether (sulfide) groups is 1. The van der Waals surface area contributed by atoms with E-state index < -0.39 is 5.60 Å². The lowest BCUT2D eigenvalue weighted by atomic mass is 10.0. The SMILES string of the molecule is CC1(C(=O)NCC2(O)CCOC2)CCCS1. The second-order valence-electron chi connectivity index (χ2n) is 4.89. The lowest BCUT2D eigenvalue weighted by Gasteiger charge is -2.26. The zero-order valence-corrected chi connectivity index (χ0v) is 10.4. The van der Waals surface area contributed by atoms with Crippen molar-refractivity contribution in [1.29, 1.82) is 0 Å². The molecule has 0 bridgehead atoms. The molecule has 2 aliphatic rings. The Balaban J connectivity index is 1.83. The molecular weight excluding hydrogens is 226 g/mol. The number of hydrogen-bond acceptors (Lipinski definition) is 4. The second-order valence-corrected chi connectivity index (χ2v) is 6.49. The van der Waals surface area contributed by atoms with Crippen LogP contribution in [0.2, 0.25) is 0 Å². The third-order valence-electron chi connectivity index (χ3n) is 3.36. The van der Waals surface area contributed by atoms with Crippen molar-refractivity contribution in [1.82, 2.24) is 5.32 Å². The number of aliphatic hydroxyl groups is 1. The van der Waals surface area contributed by atoms with Crippen LogP contribution in [-0.2, 0) is 9.53 Å². The van der Waals surface area contributed by atoms with Crippen molar-refractivity contribution in [2.75, 3.05) is 25.5 Å². The van der Waals surface area contributed by atoms with E-state index in [2.05, 4.69) is 5.32 Å². The Morgan fingerprint density at radius 1 is 1.56 bits per heavy atom. The monoisotopic (exact) mass is 245 g/mol. The van der Waals surface area contributed by atoms with Gasteiger partial charge in [-0.2, -0.15) is 0 Å². The molecule has 2 rings (SSSR count). The van der Waals surface area contributed by atoms with Crippen LogP contribution in [0.3, 0.4) is 0 Å². The lowest BCUT2D eigenvalue weighted by molar-refractivity contribution is -0.124. The number of carbonyl (C=O) groups is 1. The summed E-state index contributed by atoms with van der Waals surface area (Å²) in [6.45, 7) is 3.20. The summed E-state index contributed by atoms with van der Waals surface area (Å²) in [5.74, 6) is 1.10. The van der Waals surface area contributed by atoms with Gasteiger partial charge in [-0.15, -0.1) is 11.8 Å². The first-order valence-corrected chi connectivity index (χ1v) is 6.75. The van der Waals surface area contributed by atoms with E-state index in [1.54, 1.807) is 11.8 Å². The summed E-state index contributed by atoms with van der Waals surface area (Å²) in [5.41, 5.74) is -0.852. The Labute approximate surface area is 100 Å². The van der Waals surface area contributed by atoms with Crippen LogP contribution in [0.1, 0.15) is 26.2 Å². The number of ether oxygens (including phenoxy) is 1. The minimum atomic E-state index is -0.852. The van der Waals surface area contributed by atoms with Gasteiger partial charge in [-0.25, -0.2) is 0 Å². The van der Waals surface area contributed by atoms with E-state index in [4.69, 9.17) is 4.74 Å².